The summed E-state index contributed by atoms with van der Waals surface area (Å²) in [6.07, 6.45) is 2.26. The predicted octanol–water partition coefficient (Wildman–Crippen LogP) is 3.47. The van der Waals surface area contributed by atoms with Gasteiger partial charge in [-0.05, 0) is 25.1 Å². The quantitative estimate of drug-likeness (QED) is 0.697. The first-order chi connectivity index (χ1) is 5.90. The number of rotatable bonds is 5. The van der Waals surface area contributed by atoms with Gasteiger partial charge in [0.15, 0.2) is 0 Å². The van der Waals surface area contributed by atoms with Crippen molar-refractivity contribution in [3.8, 4) is 0 Å². The van der Waals surface area contributed by atoms with Crippen molar-refractivity contribution in [2.24, 2.45) is 0 Å². The molecule has 0 aliphatic rings. The van der Waals surface area contributed by atoms with Crippen molar-refractivity contribution in [2.75, 3.05) is 0 Å². The minimum atomic E-state index is -2.01. The molecule has 1 atom stereocenters. The van der Waals surface area contributed by atoms with Crippen LogP contribution in [-0.4, -0.2) is 19.6 Å². The highest BCUT2D eigenvalue weighted by molar-refractivity contribution is 6.73. The summed E-state index contributed by atoms with van der Waals surface area (Å²) in [5.74, 6) is 0. The molecule has 0 aromatic carbocycles. The van der Waals surface area contributed by atoms with Crippen LogP contribution in [-0.2, 0) is 4.43 Å². The summed E-state index contributed by atoms with van der Waals surface area (Å²) in [7, 11) is -2.01. The van der Waals surface area contributed by atoms with Gasteiger partial charge >= 0.3 is 6.16 Å². The van der Waals surface area contributed by atoms with Gasteiger partial charge in [-0.1, -0.05) is 26.7 Å². The summed E-state index contributed by atoms with van der Waals surface area (Å²) in [6, 6.07) is 0. The van der Waals surface area contributed by atoms with Crippen LogP contribution in [0.15, 0.2) is 0 Å². The highest BCUT2D eigenvalue weighted by Crippen LogP contribution is 2.27. The maximum absolute atomic E-state index is 10.4. The molecule has 0 saturated heterocycles. The molecule has 0 bridgehead atoms. The fourth-order valence-electron chi connectivity index (χ4n) is 1.18. The normalized spacial score (nSPS) is 13.8. The topological polar surface area (TPSA) is 46.5 Å². The van der Waals surface area contributed by atoms with Crippen molar-refractivity contribution in [1.29, 1.82) is 0 Å². The van der Waals surface area contributed by atoms with Crippen LogP contribution in [0.1, 0.15) is 33.1 Å². The predicted molar refractivity (Wildman–Crippen MR) is 55.5 cm³/mol. The van der Waals surface area contributed by atoms with Crippen LogP contribution in [0.3, 0.4) is 0 Å². The van der Waals surface area contributed by atoms with E-state index in [0.717, 1.165) is 19.3 Å². The van der Waals surface area contributed by atoms with Crippen molar-refractivity contribution >= 4 is 14.5 Å². The van der Waals surface area contributed by atoms with E-state index in [1.54, 1.807) is 0 Å². The molecule has 13 heavy (non-hydrogen) atoms. The van der Waals surface area contributed by atoms with Gasteiger partial charge in [-0.15, -0.1) is 0 Å². The average molecular weight is 204 g/mol. The van der Waals surface area contributed by atoms with Crippen LogP contribution < -0.4 is 0 Å². The minimum Gasteiger partial charge on any atom is -0.489 e. The van der Waals surface area contributed by atoms with E-state index in [1.165, 1.54) is 0 Å². The van der Waals surface area contributed by atoms with Crippen molar-refractivity contribution in [3.05, 3.63) is 0 Å². The lowest BCUT2D eigenvalue weighted by atomic mass is 10.2. The van der Waals surface area contributed by atoms with Crippen LogP contribution >= 0.6 is 0 Å². The molecule has 0 heterocycles. The summed E-state index contributed by atoms with van der Waals surface area (Å²) < 4.78 is 4.95. The van der Waals surface area contributed by atoms with E-state index in [2.05, 4.69) is 13.8 Å². The van der Waals surface area contributed by atoms with Crippen molar-refractivity contribution < 1.29 is 14.3 Å². The van der Waals surface area contributed by atoms with Crippen molar-refractivity contribution in [1.82, 2.24) is 0 Å². The SMILES string of the molecule is CCCCC(C)[Si](C)(C)OC(=O)O. The molecule has 4 heteroatoms. The Morgan fingerprint density at radius 1 is 1.54 bits per heavy atom. The zero-order chi connectivity index (χ0) is 10.5. The summed E-state index contributed by atoms with van der Waals surface area (Å²) >= 11 is 0. The first-order valence-corrected chi connectivity index (χ1v) is 7.80. The Morgan fingerprint density at radius 3 is 2.46 bits per heavy atom. The summed E-state index contributed by atoms with van der Waals surface area (Å²) in [6.45, 7) is 8.15. The van der Waals surface area contributed by atoms with Gasteiger partial charge in [0.1, 0.15) is 0 Å². The Morgan fingerprint density at radius 2 is 2.08 bits per heavy atom. The average Bonchev–Trinajstić information content (AvgIpc) is 1.97. The van der Waals surface area contributed by atoms with Gasteiger partial charge in [-0.2, -0.15) is 0 Å². The molecule has 3 nitrogen and oxygen atoms in total. The van der Waals surface area contributed by atoms with Crippen molar-refractivity contribution in [3.63, 3.8) is 0 Å². The third-order valence-corrected chi connectivity index (χ3v) is 5.89. The lowest BCUT2D eigenvalue weighted by Gasteiger charge is -2.27. The Kier molecular flexibility index (Phi) is 5.06. The fourth-order valence-corrected chi connectivity index (χ4v) is 2.73. The third kappa shape index (κ3) is 4.93. The first-order valence-electron chi connectivity index (χ1n) is 4.82. The van der Waals surface area contributed by atoms with Crippen LogP contribution in [0.25, 0.3) is 0 Å². The maximum Gasteiger partial charge on any atom is 0.491 e. The number of hydrogen-bond donors (Lipinski definition) is 1. The fraction of sp³-hybridized carbons (Fsp3) is 0.889. The molecule has 1 N–H and O–H groups in total. The van der Waals surface area contributed by atoms with E-state index in [4.69, 9.17) is 9.53 Å². The van der Waals surface area contributed by atoms with Crippen LogP contribution in [0, 0.1) is 0 Å². The molecule has 0 saturated carbocycles. The third-order valence-electron chi connectivity index (χ3n) is 2.53. The second-order valence-corrected chi connectivity index (χ2v) is 8.41. The number of carboxylic acid groups (broad SMARTS) is 1. The minimum absolute atomic E-state index is 0.406. The van der Waals surface area contributed by atoms with E-state index < -0.39 is 14.5 Å². The molecule has 0 aromatic rings. The molecule has 0 amide bonds. The molecule has 0 spiro atoms. The van der Waals surface area contributed by atoms with E-state index in [9.17, 15) is 4.79 Å². The van der Waals surface area contributed by atoms with Crippen LogP contribution in [0.4, 0.5) is 4.79 Å². The largest absolute Gasteiger partial charge is 0.491 e. The van der Waals surface area contributed by atoms with Gasteiger partial charge in [0.2, 0.25) is 0 Å². The number of unbranched alkanes of at least 4 members (excludes halogenated alkanes) is 1. The maximum atomic E-state index is 10.4. The smallest absolute Gasteiger partial charge is 0.489 e. The van der Waals surface area contributed by atoms with Gasteiger partial charge in [0.25, 0.3) is 8.32 Å². The lowest BCUT2D eigenvalue weighted by Crippen LogP contribution is -2.37. The van der Waals surface area contributed by atoms with Gasteiger partial charge in [-0.25, -0.2) is 4.79 Å². The van der Waals surface area contributed by atoms with E-state index in [-0.39, 0.29) is 0 Å². The van der Waals surface area contributed by atoms with E-state index in [1.807, 2.05) is 13.1 Å². The summed E-state index contributed by atoms with van der Waals surface area (Å²) in [5.41, 5.74) is 0.406. The Balaban J connectivity index is 4.01. The van der Waals surface area contributed by atoms with Crippen molar-refractivity contribution in [2.45, 2.75) is 51.7 Å². The molecular formula is C9H20O3Si. The Bertz CT molecular complexity index is 168. The summed E-state index contributed by atoms with van der Waals surface area (Å²) in [4.78, 5) is 10.4. The molecule has 1 unspecified atom stereocenters. The van der Waals surface area contributed by atoms with Gasteiger partial charge in [0, 0.05) is 0 Å². The van der Waals surface area contributed by atoms with E-state index in [0.29, 0.717) is 5.54 Å². The second-order valence-electron chi connectivity index (χ2n) is 4.01. The molecule has 78 valence electrons. The molecule has 0 radical (unpaired) electrons. The van der Waals surface area contributed by atoms with Crippen LogP contribution in [0.2, 0.25) is 18.6 Å². The monoisotopic (exact) mass is 204 g/mol. The number of carbonyl (C=O) groups is 1. The highest BCUT2D eigenvalue weighted by atomic mass is 28.4. The molecule has 0 aliphatic heterocycles. The summed E-state index contributed by atoms with van der Waals surface area (Å²) in [5, 5.41) is 8.54. The van der Waals surface area contributed by atoms with Gasteiger partial charge in [0.05, 0.1) is 0 Å². The zero-order valence-electron chi connectivity index (χ0n) is 8.96. The van der Waals surface area contributed by atoms with Crippen LogP contribution in [0.5, 0.6) is 0 Å². The molecule has 0 rings (SSSR count). The molecule has 0 aliphatic carbocycles. The van der Waals surface area contributed by atoms with Gasteiger partial charge in [-0.3, -0.25) is 0 Å². The first kappa shape index (κ1) is 12.5. The standard InChI is InChI=1S/C9H20O3Si/c1-5-6-7-8(2)13(3,4)12-9(10)11/h8H,5-7H2,1-4H3,(H,10,11). The Labute approximate surface area is 81.2 Å². The lowest BCUT2D eigenvalue weighted by molar-refractivity contribution is 0.140. The van der Waals surface area contributed by atoms with E-state index >= 15 is 0 Å². The molecule has 0 aromatic heterocycles. The highest BCUT2D eigenvalue weighted by Gasteiger charge is 2.33. The van der Waals surface area contributed by atoms with Gasteiger partial charge < -0.3 is 9.53 Å². The molecular weight excluding hydrogens is 184 g/mol. The second kappa shape index (κ2) is 5.27. The zero-order valence-corrected chi connectivity index (χ0v) is 9.96. The molecule has 0 fully saturated rings. The Hall–Kier alpha value is -0.513. The number of hydrogen-bond acceptors (Lipinski definition) is 2.